The Morgan fingerprint density at radius 1 is 1.55 bits per heavy atom. The lowest BCUT2D eigenvalue weighted by Crippen LogP contribution is -2.40. The van der Waals surface area contributed by atoms with Crippen molar-refractivity contribution in [2.24, 2.45) is 11.7 Å². The van der Waals surface area contributed by atoms with Gasteiger partial charge in [0.15, 0.2) is 0 Å². The highest BCUT2D eigenvalue weighted by Gasteiger charge is 2.39. The fraction of sp³-hybridized carbons (Fsp3) is 0.857. The van der Waals surface area contributed by atoms with Crippen molar-refractivity contribution >= 4 is 5.91 Å². The number of hydrogen-bond donors (Lipinski definition) is 2. The molecule has 0 spiro atoms. The lowest BCUT2D eigenvalue weighted by atomic mass is 10.0. The molecule has 0 aromatic rings. The van der Waals surface area contributed by atoms with E-state index in [1.54, 1.807) is 0 Å². The normalized spacial score (nSPS) is 42.4. The first-order valence-corrected chi connectivity index (χ1v) is 3.90. The summed E-state index contributed by atoms with van der Waals surface area (Å²) in [5.41, 5.74) is 5.16. The van der Waals surface area contributed by atoms with Crippen LogP contribution < -0.4 is 11.1 Å². The molecular formula is C7H12N2O2. The SMILES string of the molecule is NC(=O)C1CC2COCC2N1. The van der Waals surface area contributed by atoms with Crippen molar-refractivity contribution < 1.29 is 9.53 Å². The first-order chi connectivity index (χ1) is 5.27. The number of hydrogen-bond acceptors (Lipinski definition) is 3. The molecule has 0 aromatic carbocycles. The lowest BCUT2D eigenvalue weighted by molar-refractivity contribution is -0.119. The Bertz CT molecular complexity index is 171. The Hall–Kier alpha value is -0.610. The van der Waals surface area contributed by atoms with Crippen molar-refractivity contribution in [2.75, 3.05) is 13.2 Å². The highest BCUT2D eigenvalue weighted by molar-refractivity contribution is 5.80. The molecule has 0 saturated carbocycles. The summed E-state index contributed by atoms with van der Waals surface area (Å²) in [4.78, 5) is 10.8. The summed E-state index contributed by atoms with van der Waals surface area (Å²) in [5.74, 6) is 0.270. The van der Waals surface area contributed by atoms with Gasteiger partial charge in [-0.05, 0) is 6.42 Å². The molecule has 3 unspecified atom stereocenters. The van der Waals surface area contributed by atoms with E-state index in [0.717, 1.165) is 19.6 Å². The van der Waals surface area contributed by atoms with Gasteiger partial charge in [-0.15, -0.1) is 0 Å². The smallest absolute Gasteiger partial charge is 0.234 e. The van der Waals surface area contributed by atoms with E-state index in [-0.39, 0.29) is 11.9 Å². The maximum Gasteiger partial charge on any atom is 0.234 e. The van der Waals surface area contributed by atoms with Crippen LogP contribution in [-0.4, -0.2) is 31.2 Å². The Morgan fingerprint density at radius 3 is 3.00 bits per heavy atom. The van der Waals surface area contributed by atoms with Crippen LogP contribution in [0.2, 0.25) is 0 Å². The average molecular weight is 156 g/mol. The number of carbonyl (C=O) groups is 1. The number of carbonyl (C=O) groups excluding carboxylic acids is 1. The number of fused-ring (bicyclic) bond motifs is 1. The van der Waals surface area contributed by atoms with Crippen LogP contribution in [0.4, 0.5) is 0 Å². The molecule has 0 aromatic heterocycles. The maximum absolute atomic E-state index is 10.8. The van der Waals surface area contributed by atoms with Crippen LogP contribution in [0.1, 0.15) is 6.42 Å². The van der Waals surface area contributed by atoms with Gasteiger partial charge in [0.05, 0.1) is 19.3 Å². The Kier molecular flexibility index (Phi) is 1.58. The molecule has 0 aliphatic carbocycles. The number of nitrogens with one attached hydrogen (secondary N) is 1. The molecule has 3 N–H and O–H groups in total. The lowest BCUT2D eigenvalue weighted by Gasteiger charge is -2.07. The zero-order valence-electron chi connectivity index (χ0n) is 6.25. The second-order valence-electron chi connectivity index (χ2n) is 3.26. The van der Waals surface area contributed by atoms with Crippen LogP contribution in [0.5, 0.6) is 0 Å². The molecule has 2 saturated heterocycles. The van der Waals surface area contributed by atoms with Crippen molar-refractivity contribution in [1.82, 2.24) is 5.32 Å². The van der Waals surface area contributed by atoms with Gasteiger partial charge in [-0.3, -0.25) is 4.79 Å². The van der Waals surface area contributed by atoms with E-state index in [0.29, 0.717) is 12.0 Å². The second kappa shape index (κ2) is 2.46. The molecule has 2 aliphatic rings. The fourth-order valence-electron chi connectivity index (χ4n) is 1.84. The van der Waals surface area contributed by atoms with E-state index in [4.69, 9.17) is 10.5 Å². The number of amides is 1. The molecule has 2 rings (SSSR count). The molecule has 3 atom stereocenters. The molecular weight excluding hydrogens is 144 g/mol. The summed E-state index contributed by atoms with van der Waals surface area (Å²) >= 11 is 0. The summed E-state index contributed by atoms with van der Waals surface area (Å²) in [7, 11) is 0. The van der Waals surface area contributed by atoms with Crippen molar-refractivity contribution in [3.8, 4) is 0 Å². The number of nitrogens with two attached hydrogens (primary N) is 1. The van der Waals surface area contributed by atoms with Crippen LogP contribution in [0, 0.1) is 5.92 Å². The molecule has 2 heterocycles. The van der Waals surface area contributed by atoms with Crippen LogP contribution >= 0.6 is 0 Å². The molecule has 4 heteroatoms. The predicted octanol–water partition coefficient (Wildman–Crippen LogP) is -1.15. The first kappa shape index (κ1) is 7.06. The third-order valence-electron chi connectivity index (χ3n) is 2.50. The van der Waals surface area contributed by atoms with E-state index in [2.05, 4.69) is 5.32 Å². The first-order valence-electron chi connectivity index (χ1n) is 3.90. The molecule has 0 radical (unpaired) electrons. The molecule has 4 nitrogen and oxygen atoms in total. The highest BCUT2D eigenvalue weighted by atomic mass is 16.5. The molecule has 11 heavy (non-hydrogen) atoms. The fourth-order valence-corrected chi connectivity index (χ4v) is 1.84. The summed E-state index contributed by atoms with van der Waals surface area (Å²) < 4.78 is 5.22. The zero-order valence-corrected chi connectivity index (χ0v) is 6.25. The van der Waals surface area contributed by atoms with Crippen LogP contribution in [0.3, 0.4) is 0 Å². The molecule has 2 fully saturated rings. The Labute approximate surface area is 65.1 Å². The van der Waals surface area contributed by atoms with Gasteiger partial charge in [-0.1, -0.05) is 0 Å². The van der Waals surface area contributed by atoms with E-state index in [9.17, 15) is 4.79 Å². The van der Waals surface area contributed by atoms with Crippen LogP contribution in [0.25, 0.3) is 0 Å². The summed E-state index contributed by atoms with van der Waals surface area (Å²) in [6.45, 7) is 1.51. The average Bonchev–Trinajstić information content (AvgIpc) is 2.40. The number of ether oxygens (including phenoxy) is 1. The van der Waals surface area contributed by atoms with Crippen molar-refractivity contribution in [1.29, 1.82) is 0 Å². The summed E-state index contributed by atoms with van der Waals surface area (Å²) in [6, 6.07) is 0.251. The minimum absolute atomic E-state index is 0.117. The minimum atomic E-state index is -0.237. The molecule has 1 amide bonds. The molecule has 0 bridgehead atoms. The third-order valence-corrected chi connectivity index (χ3v) is 2.50. The number of rotatable bonds is 1. The highest BCUT2D eigenvalue weighted by Crippen LogP contribution is 2.25. The van der Waals surface area contributed by atoms with E-state index in [1.807, 2.05) is 0 Å². The monoisotopic (exact) mass is 156 g/mol. The van der Waals surface area contributed by atoms with Crippen molar-refractivity contribution in [3.63, 3.8) is 0 Å². The van der Waals surface area contributed by atoms with Gasteiger partial charge in [0, 0.05) is 12.0 Å². The van der Waals surface area contributed by atoms with Crippen molar-refractivity contribution in [2.45, 2.75) is 18.5 Å². The second-order valence-corrected chi connectivity index (χ2v) is 3.26. The minimum Gasteiger partial charge on any atom is -0.379 e. The van der Waals surface area contributed by atoms with Gasteiger partial charge >= 0.3 is 0 Å². The van der Waals surface area contributed by atoms with Gasteiger partial charge in [0.25, 0.3) is 0 Å². The number of primary amides is 1. The Morgan fingerprint density at radius 2 is 2.36 bits per heavy atom. The predicted molar refractivity (Wildman–Crippen MR) is 38.8 cm³/mol. The van der Waals surface area contributed by atoms with Gasteiger partial charge in [-0.2, -0.15) is 0 Å². The van der Waals surface area contributed by atoms with Gasteiger partial charge in [0.2, 0.25) is 5.91 Å². The van der Waals surface area contributed by atoms with E-state index < -0.39 is 0 Å². The van der Waals surface area contributed by atoms with Gasteiger partial charge < -0.3 is 15.8 Å². The quantitative estimate of drug-likeness (QED) is 0.504. The zero-order chi connectivity index (χ0) is 7.84. The summed E-state index contributed by atoms with van der Waals surface area (Å²) in [6.07, 6.45) is 0.847. The van der Waals surface area contributed by atoms with E-state index >= 15 is 0 Å². The third kappa shape index (κ3) is 1.12. The van der Waals surface area contributed by atoms with Crippen LogP contribution in [-0.2, 0) is 9.53 Å². The van der Waals surface area contributed by atoms with E-state index in [1.165, 1.54) is 0 Å². The summed E-state index contributed by atoms with van der Waals surface area (Å²) in [5, 5.41) is 3.15. The Balaban J connectivity index is 1.99. The topological polar surface area (TPSA) is 64.4 Å². The standard InChI is InChI=1S/C7H12N2O2/c8-7(10)5-1-4-2-11-3-6(4)9-5/h4-6,9H,1-3H2,(H2,8,10). The maximum atomic E-state index is 10.8. The van der Waals surface area contributed by atoms with Gasteiger partial charge in [-0.25, -0.2) is 0 Å². The molecule has 62 valence electrons. The van der Waals surface area contributed by atoms with Crippen LogP contribution in [0.15, 0.2) is 0 Å². The van der Waals surface area contributed by atoms with Gasteiger partial charge in [0.1, 0.15) is 0 Å². The molecule has 2 aliphatic heterocycles. The largest absolute Gasteiger partial charge is 0.379 e. The van der Waals surface area contributed by atoms with Crippen molar-refractivity contribution in [3.05, 3.63) is 0 Å².